The van der Waals surface area contributed by atoms with E-state index < -0.39 is 12.1 Å². The van der Waals surface area contributed by atoms with Crippen molar-refractivity contribution in [1.29, 1.82) is 0 Å². The molecule has 170 valence electrons. The molecule has 0 bridgehead atoms. The van der Waals surface area contributed by atoms with Crippen LogP contribution in [0.3, 0.4) is 0 Å². The van der Waals surface area contributed by atoms with Crippen molar-refractivity contribution in [3.63, 3.8) is 0 Å². The Balaban J connectivity index is 1.84. The number of anilines is 2. The maximum absolute atomic E-state index is 10.9. The van der Waals surface area contributed by atoms with Gasteiger partial charge in [0.25, 0.3) is 0 Å². The van der Waals surface area contributed by atoms with E-state index >= 15 is 0 Å². The molecule has 0 saturated carbocycles. The van der Waals surface area contributed by atoms with Crippen molar-refractivity contribution in [2.24, 2.45) is 5.73 Å². The first-order chi connectivity index (χ1) is 15.4. The van der Waals surface area contributed by atoms with E-state index in [2.05, 4.69) is 0 Å². The summed E-state index contributed by atoms with van der Waals surface area (Å²) in [6.45, 7) is -0.0204. The fourth-order valence-corrected chi connectivity index (χ4v) is 3.67. The Morgan fingerprint density at radius 1 is 0.844 bits per heavy atom. The lowest BCUT2D eigenvalue weighted by molar-refractivity contribution is 0.0769. The van der Waals surface area contributed by atoms with E-state index in [-0.39, 0.29) is 12.5 Å². The topological polar surface area (TPSA) is 126 Å². The lowest BCUT2D eigenvalue weighted by atomic mass is 9.83. The van der Waals surface area contributed by atoms with Crippen LogP contribution >= 0.6 is 0 Å². The third-order valence-corrected chi connectivity index (χ3v) is 5.55. The average Bonchev–Trinajstić information content (AvgIpc) is 2.83. The van der Waals surface area contributed by atoms with Crippen molar-refractivity contribution in [3.05, 3.63) is 77.9 Å². The van der Waals surface area contributed by atoms with Gasteiger partial charge in [-0.05, 0) is 41.8 Å². The summed E-state index contributed by atoms with van der Waals surface area (Å²) >= 11 is 0. The van der Waals surface area contributed by atoms with Crippen LogP contribution in [0.1, 0.15) is 17.0 Å². The quantitative estimate of drug-likeness (QED) is 0.359. The number of para-hydroxylation sites is 1. The normalized spacial score (nSPS) is 13.8. The Morgan fingerprint density at radius 3 is 2.25 bits per heavy atom. The molecular formula is C25H31N3O4. The molecule has 3 aromatic rings. The Kier molecular flexibility index (Phi) is 7.81. The highest BCUT2D eigenvalue weighted by molar-refractivity contribution is 5.70. The van der Waals surface area contributed by atoms with E-state index in [1.165, 1.54) is 0 Å². The average molecular weight is 438 g/mol. The minimum atomic E-state index is -0.947. The zero-order chi connectivity index (χ0) is 23.1. The van der Waals surface area contributed by atoms with E-state index in [1.807, 2.05) is 48.5 Å². The second-order valence-corrected chi connectivity index (χ2v) is 7.63. The van der Waals surface area contributed by atoms with Gasteiger partial charge in [0.2, 0.25) is 0 Å². The van der Waals surface area contributed by atoms with Crippen LogP contribution in [0.5, 0.6) is 17.2 Å². The molecule has 0 spiro atoms. The first-order valence-corrected chi connectivity index (χ1v) is 10.4. The van der Waals surface area contributed by atoms with Gasteiger partial charge < -0.3 is 36.5 Å². The minimum Gasteiger partial charge on any atom is -0.493 e. The Labute approximate surface area is 188 Å². The minimum absolute atomic E-state index is 0.0204. The van der Waals surface area contributed by atoms with Gasteiger partial charge in [-0.1, -0.05) is 42.5 Å². The number of hydrogen-bond donors (Lipinski definition) is 4. The van der Waals surface area contributed by atoms with E-state index in [1.54, 1.807) is 32.4 Å². The summed E-state index contributed by atoms with van der Waals surface area (Å²) < 4.78 is 16.6. The molecule has 0 aliphatic heterocycles. The summed E-state index contributed by atoms with van der Waals surface area (Å²) in [4.78, 5) is 0. The standard InChI is InChI=1S/C25H31N3O4/c1-30-21-12-11-17(14-23(21)31-2)18(13-16-7-4-3-5-8-16)24(27)20(29)15-32-22-10-6-9-19(26)25(22)28/h3-12,14,18,20,24,29H,13,15,26-28H2,1-2H3/t18?,20-,24?/m0/s1. The molecule has 0 aromatic heterocycles. The highest BCUT2D eigenvalue weighted by Gasteiger charge is 2.28. The van der Waals surface area contributed by atoms with Gasteiger partial charge in [0.1, 0.15) is 18.5 Å². The van der Waals surface area contributed by atoms with Crippen molar-refractivity contribution in [3.8, 4) is 17.2 Å². The fraction of sp³-hybridized carbons (Fsp3) is 0.280. The molecule has 7 heteroatoms. The van der Waals surface area contributed by atoms with Crippen LogP contribution in [0.25, 0.3) is 0 Å². The summed E-state index contributed by atoms with van der Waals surface area (Å²) in [7, 11) is 3.18. The molecular weight excluding hydrogens is 406 g/mol. The Bertz CT molecular complexity index is 1010. The summed E-state index contributed by atoms with van der Waals surface area (Å²) in [5.41, 5.74) is 21.2. The molecule has 0 radical (unpaired) electrons. The molecule has 32 heavy (non-hydrogen) atoms. The first-order valence-electron chi connectivity index (χ1n) is 10.4. The van der Waals surface area contributed by atoms with Gasteiger partial charge in [-0.3, -0.25) is 0 Å². The van der Waals surface area contributed by atoms with Crippen LogP contribution in [0.2, 0.25) is 0 Å². The van der Waals surface area contributed by atoms with Crippen molar-refractivity contribution in [2.75, 3.05) is 32.3 Å². The van der Waals surface area contributed by atoms with Crippen LogP contribution in [0.4, 0.5) is 11.4 Å². The Hall–Kier alpha value is -3.42. The van der Waals surface area contributed by atoms with Crippen molar-refractivity contribution < 1.29 is 19.3 Å². The van der Waals surface area contributed by atoms with Gasteiger partial charge in [-0.25, -0.2) is 0 Å². The lowest BCUT2D eigenvalue weighted by Crippen LogP contribution is -2.44. The van der Waals surface area contributed by atoms with Crippen LogP contribution in [0.15, 0.2) is 66.7 Å². The second kappa shape index (κ2) is 10.7. The number of methoxy groups -OCH3 is 2. The predicted octanol–water partition coefficient (Wildman–Crippen LogP) is 2.96. The number of benzene rings is 3. The van der Waals surface area contributed by atoms with E-state index in [0.717, 1.165) is 11.1 Å². The first kappa shape index (κ1) is 23.2. The molecule has 0 aliphatic carbocycles. The summed E-state index contributed by atoms with van der Waals surface area (Å²) in [6.07, 6.45) is -0.313. The van der Waals surface area contributed by atoms with Crippen LogP contribution in [-0.4, -0.2) is 38.1 Å². The molecule has 3 aromatic carbocycles. The molecule has 3 rings (SSSR count). The smallest absolute Gasteiger partial charge is 0.160 e. The van der Waals surface area contributed by atoms with Crippen molar-refractivity contribution in [1.82, 2.24) is 0 Å². The largest absolute Gasteiger partial charge is 0.493 e. The van der Waals surface area contributed by atoms with Gasteiger partial charge in [-0.2, -0.15) is 0 Å². The number of rotatable bonds is 10. The molecule has 3 atom stereocenters. The van der Waals surface area contributed by atoms with Gasteiger partial charge in [0.05, 0.1) is 25.6 Å². The van der Waals surface area contributed by atoms with Crippen LogP contribution < -0.4 is 31.4 Å². The summed E-state index contributed by atoms with van der Waals surface area (Å²) in [6, 6.07) is 20.2. The second-order valence-electron chi connectivity index (χ2n) is 7.63. The molecule has 7 N–H and O–H groups in total. The maximum Gasteiger partial charge on any atom is 0.160 e. The third kappa shape index (κ3) is 5.43. The molecule has 0 saturated heterocycles. The summed E-state index contributed by atoms with van der Waals surface area (Å²) in [5.74, 6) is 1.45. The van der Waals surface area contributed by atoms with E-state index in [9.17, 15) is 5.11 Å². The predicted molar refractivity (Wildman–Crippen MR) is 127 cm³/mol. The molecule has 0 fully saturated rings. The third-order valence-electron chi connectivity index (χ3n) is 5.55. The highest BCUT2D eigenvalue weighted by atomic mass is 16.5. The monoisotopic (exact) mass is 437 g/mol. The number of nitrogens with two attached hydrogens (primary N) is 3. The SMILES string of the molecule is COc1ccc(C(Cc2ccccc2)C(N)[C@@H](O)COc2cccc(N)c2N)cc1OC. The van der Waals surface area contributed by atoms with Gasteiger partial charge in [-0.15, -0.1) is 0 Å². The highest BCUT2D eigenvalue weighted by Crippen LogP contribution is 2.34. The van der Waals surface area contributed by atoms with Crippen molar-refractivity contribution >= 4 is 11.4 Å². The summed E-state index contributed by atoms with van der Waals surface area (Å²) in [5, 5.41) is 10.9. The number of aliphatic hydroxyl groups is 1. The number of aliphatic hydroxyl groups excluding tert-OH is 1. The molecule has 7 nitrogen and oxygen atoms in total. The zero-order valence-corrected chi connectivity index (χ0v) is 18.4. The molecule has 2 unspecified atom stereocenters. The Morgan fingerprint density at radius 2 is 1.56 bits per heavy atom. The molecule has 0 amide bonds. The number of ether oxygens (including phenoxy) is 3. The molecule has 0 heterocycles. The van der Waals surface area contributed by atoms with Crippen LogP contribution in [-0.2, 0) is 6.42 Å². The maximum atomic E-state index is 10.9. The number of hydrogen-bond acceptors (Lipinski definition) is 7. The lowest BCUT2D eigenvalue weighted by Gasteiger charge is -2.29. The zero-order valence-electron chi connectivity index (χ0n) is 18.4. The van der Waals surface area contributed by atoms with E-state index in [0.29, 0.717) is 35.0 Å². The molecule has 0 aliphatic rings. The van der Waals surface area contributed by atoms with Gasteiger partial charge in [0, 0.05) is 12.0 Å². The van der Waals surface area contributed by atoms with E-state index in [4.69, 9.17) is 31.4 Å². The van der Waals surface area contributed by atoms with Crippen LogP contribution in [0, 0.1) is 0 Å². The van der Waals surface area contributed by atoms with Gasteiger partial charge >= 0.3 is 0 Å². The van der Waals surface area contributed by atoms with Gasteiger partial charge in [0.15, 0.2) is 11.5 Å². The fourth-order valence-electron chi connectivity index (χ4n) is 3.67. The number of nitrogen functional groups attached to an aromatic ring is 2. The van der Waals surface area contributed by atoms with Crippen molar-refractivity contribution in [2.45, 2.75) is 24.5 Å².